The molecule has 0 N–H and O–H groups in total. The highest BCUT2D eigenvalue weighted by Crippen LogP contribution is 2.23. The Hall–Kier alpha value is -4.14. The van der Waals surface area contributed by atoms with Gasteiger partial charge >= 0.3 is 17.6 Å². The molecule has 0 aromatic heterocycles. The topological polar surface area (TPSA) is 85.4 Å². The summed E-state index contributed by atoms with van der Waals surface area (Å²) in [7, 11) is 0. The Morgan fingerprint density at radius 3 is 1.43 bits per heavy atom. The van der Waals surface area contributed by atoms with Crippen LogP contribution in [-0.2, 0) is 4.74 Å². The average molecular weight is 651 g/mol. The van der Waals surface area contributed by atoms with Gasteiger partial charge in [0, 0.05) is 50.6 Å². The number of halogens is 1. The minimum atomic E-state index is -0.811. The van der Waals surface area contributed by atoms with Gasteiger partial charge in [0.1, 0.15) is 17.1 Å². The van der Waals surface area contributed by atoms with E-state index in [9.17, 15) is 14.4 Å². The molecule has 2 heterocycles. The first-order chi connectivity index (χ1) is 21.8. The molecule has 2 amide bonds. The minimum Gasteiger partial charge on any atom is -0.444 e. The summed E-state index contributed by atoms with van der Waals surface area (Å²) in [5, 5.41) is 0. The van der Waals surface area contributed by atoms with Gasteiger partial charge in [-0.3, -0.25) is 0 Å². The van der Waals surface area contributed by atoms with E-state index in [-0.39, 0.29) is 12.2 Å². The van der Waals surface area contributed by atoms with Crippen LogP contribution in [0.5, 0.6) is 11.5 Å². The van der Waals surface area contributed by atoms with Crippen molar-refractivity contribution in [1.82, 2.24) is 9.80 Å². The number of ether oxygens (including phenoxy) is 3. The lowest BCUT2D eigenvalue weighted by molar-refractivity contribution is 0.0185. The van der Waals surface area contributed by atoms with Crippen molar-refractivity contribution in [3.63, 3.8) is 0 Å². The summed E-state index contributed by atoms with van der Waals surface area (Å²) in [6.07, 6.45) is 15.7. The van der Waals surface area contributed by atoms with E-state index in [1.54, 1.807) is 21.9 Å². The predicted molar refractivity (Wildman–Crippen MR) is 182 cm³/mol. The fourth-order valence-corrected chi connectivity index (χ4v) is 4.86. The molecule has 0 atom stereocenters. The van der Waals surface area contributed by atoms with Gasteiger partial charge < -0.3 is 24.0 Å². The number of nitrogens with zero attached hydrogens (tertiary/aromatic N) is 2. The number of terminal acetylenes is 2. The molecular weight excluding hydrogens is 604 g/mol. The van der Waals surface area contributed by atoms with Crippen LogP contribution in [0.25, 0.3) is 0 Å². The Balaban J connectivity index is 0.000000249. The third-order valence-corrected chi connectivity index (χ3v) is 7.47. The van der Waals surface area contributed by atoms with E-state index in [2.05, 4.69) is 16.6 Å². The summed E-state index contributed by atoms with van der Waals surface area (Å²) in [5.41, 5.74) is 1.04. The van der Waals surface area contributed by atoms with Gasteiger partial charge in [-0.25, -0.2) is 14.4 Å². The van der Waals surface area contributed by atoms with Gasteiger partial charge in [-0.2, -0.15) is 0 Å². The molecule has 2 aromatic carbocycles. The van der Waals surface area contributed by atoms with Crippen LogP contribution in [0.1, 0.15) is 70.4 Å². The van der Waals surface area contributed by atoms with Crippen LogP contribution >= 0.6 is 11.6 Å². The third-order valence-electron chi connectivity index (χ3n) is 7.40. The van der Waals surface area contributed by atoms with Crippen molar-refractivity contribution >= 4 is 29.2 Å². The highest BCUT2D eigenvalue weighted by molar-refractivity contribution is 6.61. The zero-order valence-electron chi connectivity index (χ0n) is 27.7. The number of amides is 2. The van der Waals surface area contributed by atoms with Crippen molar-refractivity contribution in [2.45, 2.75) is 78.7 Å². The van der Waals surface area contributed by atoms with Crippen LogP contribution in [0.3, 0.4) is 0 Å². The molecule has 2 saturated heterocycles. The van der Waals surface area contributed by atoms with Gasteiger partial charge in [0.15, 0.2) is 0 Å². The first-order valence-electron chi connectivity index (χ1n) is 15.6. The number of aryl methyl sites for hydroxylation is 2. The van der Waals surface area contributed by atoms with Crippen LogP contribution in [0.15, 0.2) is 48.5 Å². The van der Waals surface area contributed by atoms with Gasteiger partial charge in [-0.15, -0.1) is 24.7 Å². The van der Waals surface area contributed by atoms with Crippen molar-refractivity contribution in [2.75, 3.05) is 26.2 Å². The second kappa shape index (κ2) is 19.4. The monoisotopic (exact) mass is 650 g/mol. The van der Waals surface area contributed by atoms with Gasteiger partial charge in [0.25, 0.3) is 0 Å². The normalized spacial score (nSPS) is 15.0. The molecule has 8 nitrogen and oxygen atoms in total. The highest BCUT2D eigenvalue weighted by Gasteiger charge is 2.26. The Morgan fingerprint density at radius 2 is 1.09 bits per heavy atom. The molecule has 4 rings (SSSR count). The molecule has 2 aromatic rings. The Labute approximate surface area is 279 Å². The predicted octanol–water partition coefficient (Wildman–Crippen LogP) is 8.62. The quantitative estimate of drug-likeness (QED) is 0.243. The Morgan fingerprint density at radius 1 is 0.717 bits per heavy atom. The number of rotatable bonds is 4. The summed E-state index contributed by atoms with van der Waals surface area (Å²) < 4.78 is 15.3. The maximum Gasteiger partial charge on any atom is 0.415 e. The van der Waals surface area contributed by atoms with Crippen LogP contribution in [-0.4, -0.2) is 59.2 Å². The molecule has 0 unspecified atom stereocenters. The standard InChI is InChI=1S/C16H19NO2.C13H21NO2.C8H7ClO2/c1-3-4-14-9-11-17(12-10-14)16(18)19-15-7-5-13(2)6-8-15;1-5-6-11-7-9-14(10-8-11)12(15)16-13(2,3)4;1-6-2-4-7(5-3-6)11-8(9)10/h1,5-8,14H,4,9-12H2,2H3;1,11H,6-10H2,2-4H3;2-5H,1H3. The Kier molecular flexibility index (Phi) is 16.0. The second-order valence-corrected chi connectivity index (χ2v) is 12.8. The summed E-state index contributed by atoms with van der Waals surface area (Å²) >= 11 is 4.99. The van der Waals surface area contributed by atoms with Crippen molar-refractivity contribution in [1.29, 1.82) is 0 Å². The first-order valence-corrected chi connectivity index (χ1v) is 16.0. The molecule has 46 heavy (non-hydrogen) atoms. The van der Waals surface area contributed by atoms with Crippen LogP contribution in [0.2, 0.25) is 0 Å². The molecule has 0 radical (unpaired) electrons. The number of benzene rings is 2. The van der Waals surface area contributed by atoms with E-state index in [1.807, 2.05) is 71.0 Å². The van der Waals surface area contributed by atoms with Crippen molar-refractivity contribution in [3.05, 3.63) is 59.7 Å². The maximum atomic E-state index is 12.0. The van der Waals surface area contributed by atoms with Gasteiger partial charge in [0.2, 0.25) is 0 Å². The fourth-order valence-electron chi connectivity index (χ4n) is 4.77. The summed E-state index contributed by atoms with van der Waals surface area (Å²) in [6, 6.07) is 14.6. The van der Waals surface area contributed by atoms with Crippen molar-refractivity contribution in [2.24, 2.45) is 11.8 Å². The maximum absolute atomic E-state index is 12.0. The van der Waals surface area contributed by atoms with Crippen LogP contribution in [0.4, 0.5) is 14.4 Å². The van der Waals surface area contributed by atoms with Crippen LogP contribution < -0.4 is 9.47 Å². The SMILES string of the molecule is C#CCC1CCN(C(=O)OC(C)(C)C)CC1.C#CCC1CCN(C(=O)Oc2ccc(C)cc2)CC1.Cc1ccc(OC(=O)Cl)cc1. The third kappa shape index (κ3) is 15.2. The average Bonchev–Trinajstić information content (AvgIpc) is 3.00. The lowest BCUT2D eigenvalue weighted by atomic mass is 9.94. The zero-order valence-corrected chi connectivity index (χ0v) is 28.5. The molecule has 2 aliphatic rings. The molecule has 0 bridgehead atoms. The van der Waals surface area contributed by atoms with Crippen molar-refractivity contribution < 1.29 is 28.6 Å². The van der Waals surface area contributed by atoms with Crippen molar-refractivity contribution in [3.8, 4) is 36.2 Å². The lowest BCUT2D eigenvalue weighted by Gasteiger charge is -2.32. The zero-order chi connectivity index (χ0) is 34.1. The molecule has 2 fully saturated rings. The summed E-state index contributed by atoms with van der Waals surface area (Å²) in [4.78, 5) is 37.5. The molecule has 0 aliphatic carbocycles. The van der Waals surface area contributed by atoms with Gasteiger partial charge in [-0.1, -0.05) is 35.4 Å². The number of hydrogen-bond acceptors (Lipinski definition) is 6. The lowest BCUT2D eigenvalue weighted by Crippen LogP contribution is -2.41. The van der Waals surface area contributed by atoms with Gasteiger partial charge in [0.05, 0.1) is 0 Å². The molecule has 0 spiro atoms. The first kappa shape index (κ1) is 38.0. The number of carbonyl (C=O) groups excluding carboxylic acids is 3. The number of carbonyl (C=O) groups is 3. The smallest absolute Gasteiger partial charge is 0.415 e. The molecule has 0 saturated carbocycles. The molecule has 248 valence electrons. The molecule has 9 heteroatoms. The van der Waals surface area contributed by atoms with E-state index >= 15 is 0 Å². The highest BCUT2D eigenvalue weighted by atomic mass is 35.5. The Bertz CT molecular complexity index is 1320. The number of likely N-dealkylation sites (tertiary alicyclic amines) is 2. The second-order valence-electron chi connectivity index (χ2n) is 12.5. The molecule has 2 aliphatic heterocycles. The number of piperidine rings is 2. The van der Waals surface area contributed by atoms with Crippen LogP contribution in [0, 0.1) is 50.4 Å². The fraction of sp³-hybridized carbons (Fsp3) is 0.486. The van der Waals surface area contributed by atoms with E-state index in [4.69, 9.17) is 33.9 Å². The van der Waals surface area contributed by atoms with E-state index in [0.717, 1.165) is 75.8 Å². The van der Waals surface area contributed by atoms with Gasteiger partial charge in [-0.05, 0) is 96.4 Å². The summed E-state index contributed by atoms with van der Waals surface area (Å²) in [6.45, 7) is 12.6. The summed E-state index contributed by atoms with van der Waals surface area (Å²) in [5.74, 6) is 7.57. The van der Waals surface area contributed by atoms with E-state index < -0.39 is 11.0 Å². The number of hydrogen-bond donors (Lipinski definition) is 0. The largest absolute Gasteiger partial charge is 0.444 e. The molecular formula is C37H47ClN2O6. The van der Waals surface area contributed by atoms with E-state index in [0.29, 0.717) is 23.3 Å². The minimum absolute atomic E-state index is 0.202. The van der Waals surface area contributed by atoms with E-state index in [1.165, 1.54) is 0 Å².